The van der Waals surface area contributed by atoms with Crippen LogP contribution in [-0.4, -0.2) is 40.7 Å². The topological polar surface area (TPSA) is 95.5 Å². The van der Waals surface area contributed by atoms with Gasteiger partial charge in [0.25, 0.3) is 0 Å². The number of rotatable bonds is 12. The number of carbonyl (C=O) groups excluding carboxylic acids is 2. The molecule has 0 radical (unpaired) electrons. The molecule has 3 N–H and O–H groups in total. The van der Waals surface area contributed by atoms with Gasteiger partial charge in [-0.1, -0.05) is 50.1 Å². The smallest absolute Gasteiger partial charge is 0.326 e. The Balaban J connectivity index is 2.61. The fourth-order valence-electron chi connectivity index (χ4n) is 2.50. The minimum absolute atomic E-state index is 0.217. The van der Waals surface area contributed by atoms with E-state index in [1.165, 1.54) is 0 Å². The lowest BCUT2D eigenvalue weighted by Crippen LogP contribution is -2.51. The highest BCUT2D eigenvalue weighted by molar-refractivity contribution is 7.80. The predicted molar refractivity (Wildman–Crippen MR) is 104 cm³/mol. The van der Waals surface area contributed by atoms with Crippen LogP contribution in [-0.2, 0) is 20.8 Å². The Labute approximate surface area is 160 Å². The monoisotopic (exact) mass is 380 g/mol. The van der Waals surface area contributed by atoms with Gasteiger partial charge in [-0.2, -0.15) is 12.6 Å². The van der Waals surface area contributed by atoms with E-state index < -0.39 is 24.0 Å². The van der Waals surface area contributed by atoms with Crippen LogP contribution in [0.2, 0.25) is 0 Å². The van der Waals surface area contributed by atoms with E-state index in [4.69, 9.17) is 5.11 Å². The number of thiol groups is 1. The number of amides is 2. The van der Waals surface area contributed by atoms with Crippen molar-refractivity contribution < 1.29 is 19.5 Å². The fraction of sp³-hybridized carbons (Fsp3) is 0.526. The number of aryl methyl sites for hydroxylation is 1. The molecular formula is C19H28N2O4S. The summed E-state index contributed by atoms with van der Waals surface area (Å²) >= 11 is 4.02. The number of hydrogen-bond donors (Lipinski definition) is 4. The van der Waals surface area contributed by atoms with Crippen molar-refractivity contribution in [3.8, 4) is 0 Å². The summed E-state index contributed by atoms with van der Waals surface area (Å²) in [6, 6.07) is 7.92. The Morgan fingerprint density at radius 2 is 1.77 bits per heavy atom. The molecule has 0 aliphatic rings. The molecule has 1 rings (SSSR count). The Bertz CT molecular complexity index is 580. The van der Waals surface area contributed by atoms with Crippen LogP contribution in [0.1, 0.15) is 44.6 Å². The van der Waals surface area contributed by atoms with Gasteiger partial charge in [0.2, 0.25) is 11.8 Å². The summed E-state index contributed by atoms with van der Waals surface area (Å²) in [5.41, 5.74) is 1.05. The molecule has 0 bridgehead atoms. The maximum atomic E-state index is 12.4. The summed E-state index contributed by atoms with van der Waals surface area (Å²) in [7, 11) is 0. The van der Waals surface area contributed by atoms with Crippen molar-refractivity contribution in [2.75, 3.05) is 5.75 Å². The number of hydrogen-bond acceptors (Lipinski definition) is 4. The van der Waals surface area contributed by atoms with Crippen LogP contribution in [0, 0.1) is 0 Å². The molecule has 1 unspecified atom stereocenters. The normalized spacial score (nSPS) is 12.8. The lowest BCUT2D eigenvalue weighted by atomic mass is 10.1. The molecule has 2 amide bonds. The van der Waals surface area contributed by atoms with Crippen molar-refractivity contribution in [3.05, 3.63) is 35.9 Å². The van der Waals surface area contributed by atoms with Crippen molar-refractivity contribution in [1.29, 1.82) is 0 Å². The third-order valence-electron chi connectivity index (χ3n) is 4.01. The van der Waals surface area contributed by atoms with Gasteiger partial charge in [-0.25, -0.2) is 4.79 Å². The standard InChI is InChI=1S/C19H28N2O4S/c1-2-3-9-15(18(23)21-16(12-13-26)19(24)25)20-17(22)11-10-14-7-5-4-6-8-14/h4-8,15-16,26H,2-3,9-13H2,1H3,(H,20,22)(H,21,23)(H,24,25)/t15-,16?/m0/s1. The van der Waals surface area contributed by atoms with Crippen LogP contribution in [0.5, 0.6) is 0 Å². The van der Waals surface area contributed by atoms with Crippen LogP contribution in [0.4, 0.5) is 0 Å². The number of nitrogens with one attached hydrogen (secondary N) is 2. The molecule has 0 saturated carbocycles. The van der Waals surface area contributed by atoms with Gasteiger partial charge in [0, 0.05) is 6.42 Å². The highest BCUT2D eigenvalue weighted by Crippen LogP contribution is 2.06. The lowest BCUT2D eigenvalue weighted by Gasteiger charge is -2.21. The van der Waals surface area contributed by atoms with Crippen molar-refractivity contribution in [2.45, 2.75) is 57.5 Å². The minimum atomic E-state index is -1.10. The third-order valence-corrected chi connectivity index (χ3v) is 4.27. The molecule has 0 aliphatic carbocycles. The first-order chi connectivity index (χ1) is 12.5. The third kappa shape index (κ3) is 8.38. The molecule has 0 aromatic heterocycles. The first-order valence-corrected chi connectivity index (χ1v) is 9.58. The number of carboxylic acids is 1. The van der Waals surface area contributed by atoms with Crippen LogP contribution < -0.4 is 10.6 Å². The van der Waals surface area contributed by atoms with Gasteiger partial charge in [0.15, 0.2) is 0 Å². The number of unbranched alkanes of at least 4 members (excludes halogenated alkanes) is 1. The summed E-state index contributed by atoms with van der Waals surface area (Å²) in [5.74, 6) is -1.43. The Kier molecular flexibility index (Phi) is 10.5. The summed E-state index contributed by atoms with van der Waals surface area (Å²) in [6.45, 7) is 1.99. The van der Waals surface area contributed by atoms with Gasteiger partial charge in [0.05, 0.1) is 0 Å². The van der Waals surface area contributed by atoms with Crippen LogP contribution in [0.3, 0.4) is 0 Å². The maximum absolute atomic E-state index is 12.4. The van der Waals surface area contributed by atoms with Gasteiger partial charge in [-0.15, -0.1) is 0 Å². The summed E-state index contributed by atoms with van der Waals surface area (Å²) in [5, 5.41) is 14.4. The maximum Gasteiger partial charge on any atom is 0.326 e. The van der Waals surface area contributed by atoms with Crippen LogP contribution in [0.15, 0.2) is 30.3 Å². The van der Waals surface area contributed by atoms with E-state index in [-0.39, 0.29) is 18.7 Å². The quantitative estimate of drug-likeness (QED) is 0.418. The average Bonchev–Trinajstić information content (AvgIpc) is 2.63. The summed E-state index contributed by atoms with van der Waals surface area (Å²) < 4.78 is 0. The zero-order chi connectivity index (χ0) is 19.4. The van der Waals surface area contributed by atoms with E-state index in [1.807, 2.05) is 37.3 Å². The van der Waals surface area contributed by atoms with Crippen LogP contribution in [0.25, 0.3) is 0 Å². The molecule has 0 saturated heterocycles. The van der Waals surface area contributed by atoms with E-state index in [0.29, 0.717) is 18.6 Å². The van der Waals surface area contributed by atoms with Crippen LogP contribution >= 0.6 is 12.6 Å². The molecule has 144 valence electrons. The number of aliphatic carboxylic acids is 1. The highest BCUT2D eigenvalue weighted by atomic mass is 32.1. The van der Waals surface area contributed by atoms with E-state index >= 15 is 0 Å². The molecule has 0 aliphatic heterocycles. The Hall–Kier alpha value is -2.02. The summed E-state index contributed by atoms with van der Waals surface area (Å²) in [4.78, 5) is 35.9. The van der Waals surface area contributed by atoms with Gasteiger partial charge in [-0.05, 0) is 30.6 Å². The fourth-order valence-corrected chi connectivity index (χ4v) is 2.76. The average molecular weight is 381 g/mol. The van der Waals surface area contributed by atoms with E-state index in [1.54, 1.807) is 0 Å². The molecule has 26 heavy (non-hydrogen) atoms. The van der Waals surface area contributed by atoms with Gasteiger partial charge in [-0.3, -0.25) is 9.59 Å². The van der Waals surface area contributed by atoms with Gasteiger partial charge < -0.3 is 15.7 Å². The second-order valence-corrected chi connectivity index (χ2v) is 6.61. The second-order valence-electron chi connectivity index (χ2n) is 6.16. The van der Waals surface area contributed by atoms with Crippen molar-refractivity contribution in [1.82, 2.24) is 10.6 Å². The molecule has 0 spiro atoms. The minimum Gasteiger partial charge on any atom is -0.480 e. The number of carbonyl (C=O) groups is 3. The molecular weight excluding hydrogens is 352 g/mol. The Morgan fingerprint density at radius 3 is 2.35 bits per heavy atom. The first-order valence-electron chi connectivity index (χ1n) is 8.95. The Morgan fingerprint density at radius 1 is 1.08 bits per heavy atom. The van der Waals surface area contributed by atoms with E-state index in [0.717, 1.165) is 18.4 Å². The molecule has 7 heteroatoms. The molecule has 0 heterocycles. The van der Waals surface area contributed by atoms with E-state index in [9.17, 15) is 14.4 Å². The zero-order valence-electron chi connectivity index (χ0n) is 15.1. The second kappa shape index (κ2) is 12.4. The van der Waals surface area contributed by atoms with Crippen molar-refractivity contribution in [3.63, 3.8) is 0 Å². The predicted octanol–water partition coefficient (Wildman–Crippen LogP) is 2.18. The lowest BCUT2D eigenvalue weighted by molar-refractivity contribution is -0.142. The van der Waals surface area contributed by atoms with Crippen molar-refractivity contribution in [2.24, 2.45) is 0 Å². The number of carboxylic acid groups (broad SMARTS) is 1. The SMILES string of the molecule is CCCC[C@H](NC(=O)CCc1ccccc1)C(=O)NC(CCS)C(=O)O. The van der Waals surface area contributed by atoms with E-state index in [2.05, 4.69) is 23.3 Å². The summed E-state index contributed by atoms with van der Waals surface area (Å²) in [6.07, 6.45) is 3.22. The van der Waals surface area contributed by atoms with Gasteiger partial charge in [0.1, 0.15) is 12.1 Å². The number of benzene rings is 1. The molecule has 1 aromatic rings. The largest absolute Gasteiger partial charge is 0.480 e. The molecule has 0 fully saturated rings. The van der Waals surface area contributed by atoms with Gasteiger partial charge >= 0.3 is 5.97 Å². The molecule has 6 nitrogen and oxygen atoms in total. The molecule has 1 aromatic carbocycles. The molecule has 2 atom stereocenters. The first kappa shape index (κ1) is 22.0. The highest BCUT2D eigenvalue weighted by Gasteiger charge is 2.25. The van der Waals surface area contributed by atoms with Crippen molar-refractivity contribution >= 4 is 30.4 Å². The zero-order valence-corrected chi connectivity index (χ0v) is 16.0.